The minimum absolute atomic E-state index is 0.126. The predicted octanol–water partition coefficient (Wildman–Crippen LogP) is 4.96. The van der Waals surface area contributed by atoms with Crippen LogP contribution in [0.15, 0.2) is 71.6 Å². The van der Waals surface area contributed by atoms with Gasteiger partial charge in [0.05, 0.1) is 16.1 Å². The third kappa shape index (κ3) is 4.71. The molecule has 0 atom stereocenters. The van der Waals surface area contributed by atoms with Gasteiger partial charge in [-0.25, -0.2) is 8.42 Å². The molecular formula is C21H19IN2O3S. The molecule has 0 unspecified atom stereocenters. The summed E-state index contributed by atoms with van der Waals surface area (Å²) in [5.41, 5.74) is 3.45. The number of nitrogens with one attached hydrogen (secondary N) is 2. The number of anilines is 2. The van der Waals surface area contributed by atoms with Crippen LogP contribution in [0, 0.1) is 17.4 Å². The lowest BCUT2D eigenvalue weighted by Gasteiger charge is -2.12. The average molecular weight is 506 g/mol. The van der Waals surface area contributed by atoms with E-state index in [1.165, 1.54) is 12.1 Å². The molecule has 0 bridgehead atoms. The molecular weight excluding hydrogens is 487 g/mol. The SMILES string of the molecule is Cc1ccc(C)c(NS(=O)(=O)c2ccc(NC(=O)c3ccccc3I)cc2)c1. The fourth-order valence-corrected chi connectivity index (χ4v) is 4.36. The molecule has 0 aliphatic carbocycles. The summed E-state index contributed by atoms with van der Waals surface area (Å²) in [6.07, 6.45) is 0. The summed E-state index contributed by atoms with van der Waals surface area (Å²) < 4.78 is 28.8. The molecule has 0 spiro atoms. The smallest absolute Gasteiger partial charge is 0.261 e. The van der Waals surface area contributed by atoms with Crippen molar-refractivity contribution in [2.45, 2.75) is 18.7 Å². The standard InChI is InChI=1S/C21H19IN2O3S/c1-14-7-8-15(2)20(13-14)24-28(26,27)17-11-9-16(10-12-17)23-21(25)18-5-3-4-6-19(18)22/h3-13,24H,1-2H3,(H,23,25). The number of sulfonamides is 1. The average Bonchev–Trinajstić information content (AvgIpc) is 2.65. The summed E-state index contributed by atoms with van der Waals surface area (Å²) in [5, 5.41) is 2.79. The number of halogens is 1. The number of benzene rings is 3. The first-order valence-electron chi connectivity index (χ1n) is 8.52. The molecule has 0 aliphatic rings. The monoisotopic (exact) mass is 506 g/mol. The number of hydrogen-bond acceptors (Lipinski definition) is 3. The quantitative estimate of drug-likeness (QED) is 0.481. The Bertz CT molecular complexity index is 1130. The van der Waals surface area contributed by atoms with Gasteiger partial charge in [0.1, 0.15) is 0 Å². The maximum absolute atomic E-state index is 12.7. The highest BCUT2D eigenvalue weighted by Gasteiger charge is 2.16. The van der Waals surface area contributed by atoms with Crippen LogP contribution in [0.3, 0.4) is 0 Å². The van der Waals surface area contributed by atoms with E-state index in [0.717, 1.165) is 14.7 Å². The van der Waals surface area contributed by atoms with E-state index in [9.17, 15) is 13.2 Å². The van der Waals surface area contributed by atoms with Crippen LogP contribution >= 0.6 is 22.6 Å². The Balaban J connectivity index is 1.77. The second-order valence-corrected chi connectivity index (χ2v) is 9.23. The highest BCUT2D eigenvalue weighted by Crippen LogP contribution is 2.22. The van der Waals surface area contributed by atoms with E-state index in [1.807, 2.05) is 38.1 Å². The van der Waals surface area contributed by atoms with E-state index >= 15 is 0 Å². The fourth-order valence-electron chi connectivity index (χ4n) is 2.61. The molecule has 0 fully saturated rings. The molecule has 2 N–H and O–H groups in total. The van der Waals surface area contributed by atoms with Crippen LogP contribution in [0.25, 0.3) is 0 Å². The van der Waals surface area contributed by atoms with Gasteiger partial charge in [0.25, 0.3) is 15.9 Å². The third-order valence-corrected chi connectivity index (χ3v) is 6.50. The molecule has 28 heavy (non-hydrogen) atoms. The molecule has 5 nitrogen and oxygen atoms in total. The van der Waals surface area contributed by atoms with Crippen LogP contribution in [-0.4, -0.2) is 14.3 Å². The van der Waals surface area contributed by atoms with Crippen molar-refractivity contribution >= 4 is 49.9 Å². The second-order valence-electron chi connectivity index (χ2n) is 6.38. The Morgan fingerprint density at radius 2 is 1.61 bits per heavy atom. The first kappa shape index (κ1) is 20.3. The third-order valence-electron chi connectivity index (χ3n) is 4.18. The van der Waals surface area contributed by atoms with Gasteiger partial charge in [-0.05, 0) is 90.0 Å². The lowest BCUT2D eigenvalue weighted by molar-refractivity contribution is 0.102. The van der Waals surface area contributed by atoms with E-state index in [-0.39, 0.29) is 10.8 Å². The van der Waals surface area contributed by atoms with Gasteiger partial charge < -0.3 is 5.32 Å². The number of amides is 1. The molecule has 144 valence electrons. The van der Waals surface area contributed by atoms with Gasteiger partial charge in [-0.2, -0.15) is 0 Å². The highest BCUT2D eigenvalue weighted by molar-refractivity contribution is 14.1. The highest BCUT2D eigenvalue weighted by atomic mass is 127. The molecule has 3 aromatic carbocycles. The van der Waals surface area contributed by atoms with E-state index in [0.29, 0.717) is 16.9 Å². The Kier molecular flexibility index (Phi) is 6.04. The topological polar surface area (TPSA) is 75.3 Å². The zero-order valence-corrected chi connectivity index (χ0v) is 18.3. The second kappa shape index (κ2) is 8.32. The van der Waals surface area contributed by atoms with Crippen LogP contribution in [0.5, 0.6) is 0 Å². The molecule has 0 heterocycles. The Hall–Kier alpha value is -2.39. The summed E-state index contributed by atoms with van der Waals surface area (Å²) in [7, 11) is -3.72. The van der Waals surface area contributed by atoms with Crippen molar-refractivity contribution in [1.29, 1.82) is 0 Å². The Labute approximate surface area is 178 Å². The zero-order chi connectivity index (χ0) is 20.3. The molecule has 0 aliphatic heterocycles. The maximum Gasteiger partial charge on any atom is 0.261 e. The lowest BCUT2D eigenvalue weighted by atomic mass is 10.1. The molecule has 0 radical (unpaired) electrons. The normalized spacial score (nSPS) is 11.1. The Morgan fingerprint density at radius 1 is 0.929 bits per heavy atom. The van der Waals surface area contributed by atoms with E-state index in [2.05, 4.69) is 32.6 Å². The fraction of sp³-hybridized carbons (Fsp3) is 0.0952. The van der Waals surface area contributed by atoms with Gasteiger partial charge in [-0.3, -0.25) is 9.52 Å². The van der Waals surface area contributed by atoms with Gasteiger partial charge in [0.2, 0.25) is 0 Å². The van der Waals surface area contributed by atoms with Gasteiger partial charge in [0, 0.05) is 9.26 Å². The summed E-state index contributed by atoms with van der Waals surface area (Å²) in [6, 6.07) is 18.9. The largest absolute Gasteiger partial charge is 0.322 e. The van der Waals surface area contributed by atoms with Crippen LogP contribution in [-0.2, 0) is 10.0 Å². The van der Waals surface area contributed by atoms with Gasteiger partial charge in [0.15, 0.2) is 0 Å². The molecule has 3 aromatic rings. The van der Waals surface area contributed by atoms with Gasteiger partial charge >= 0.3 is 0 Å². The molecule has 7 heteroatoms. The van der Waals surface area contributed by atoms with Crippen molar-refractivity contribution < 1.29 is 13.2 Å². The van der Waals surface area contributed by atoms with E-state index in [4.69, 9.17) is 0 Å². The number of rotatable bonds is 5. The van der Waals surface area contributed by atoms with Crippen molar-refractivity contribution in [3.05, 3.63) is 87.0 Å². The molecule has 1 amide bonds. The Morgan fingerprint density at radius 3 is 2.29 bits per heavy atom. The van der Waals surface area contributed by atoms with Crippen molar-refractivity contribution in [3.8, 4) is 0 Å². The van der Waals surface area contributed by atoms with Crippen molar-refractivity contribution in [2.75, 3.05) is 10.0 Å². The summed E-state index contributed by atoms with van der Waals surface area (Å²) in [6.45, 7) is 3.75. The number of carbonyl (C=O) groups is 1. The van der Waals surface area contributed by atoms with Crippen LogP contribution in [0.4, 0.5) is 11.4 Å². The summed E-state index contributed by atoms with van der Waals surface area (Å²) in [5.74, 6) is -0.242. The first-order chi connectivity index (χ1) is 13.3. The van der Waals surface area contributed by atoms with Crippen molar-refractivity contribution in [2.24, 2.45) is 0 Å². The molecule has 3 rings (SSSR count). The molecule has 0 aromatic heterocycles. The minimum atomic E-state index is -3.72. The molecule has 0 saturated carbocycles. The zero-order valence-electron chi connectivity index (χ0n) is 15.4. The number of carbonyl (C=O) groups excluding carboxylic acids is 1. The number of aryl methyl sites for hydroxylation is 2. The van der Waals surface area contributed by atoms with Crippen molar-refractivity contribution in [3.63, 3.8) is 0 Å². The minimum Gasteiger partial charge on any atom is -0.322 e. The van der Waals surface area contributed by atoms with Crippen LogP contribution in [0.1, 0.15) is 21.5 Å². The summed E-state index contributed by atoms with van der Waals surface area (Å²) in [4.78, 5) is 12.5. The maximum atomic E-state index is 12.7. The first-order valence-corrected chi connectivity index (χ1v) is 11.1. The summed E-state index contributed by atoms with van der Waals surface area (Å²) >= 11 is 2.10. The van der Waals surface area contributed by atoms with Crippen LogP contribution < -0.4 is 10.0 Å². The lowest BCUT2D eigenvalue weighted by Crippen LogP contribution is -2.15. The molecule has 0 saturated heterocycles. The predicted molar refractivity (Wildman–Crippen MR) is 120 cm³/mol. The number of hydrogen-bond donors (Lipinski definition) is 2. The van der Waals surface area contributed by atoms with E-state index < -0.39 is 10.0 Å². The van der Waals surface area contributed by atoms with E-state index in [1.54, 1.807) is 30.3 Å². The van der Waals surface area contributed by atoms with Gasteiger partial charge in [-0.15, -0.1) is 0 Å². The van der Waals surface area contributed by atoms with Crippen LogP contribution in [0.2, 0.25) is 0 Å². The van der Waals surface area contributed by atoms with Crippen molar-refractivity contribution in [1.82, 2.24) is 0 Å². The van der Waals surface area contributed by atoms with Gasteiger partial charge in [-0.1, -0.05) is 24.3 Å².